The molecule has 0 spiro atoms. The summed E-state index contributed by atoms with van der Waals surface area (Å²) in [6, 6.07) is 0. The highest BCUT2D eigenvalue weighted by Crippen LogP contribution is 2.37. The second-order valence-electron chi connectivity index (χ2n) is 6.06. The van der Waals surface area contributed by atoms with Gasteiger partial charge in [-0.25, -0.2) is 0 Å². The number of anilines is 1. The van der Waals surface area contributed by atoms with Crippen LogP contribution in [0.2, 0.25) is 0 Å². The largest absolute Gasteiger partial charge is 0.299 e. The second kappa shape index (κ2) is 6.74. The number of carbonyl (C=O) groups is 3. The van der Waals surface area contributed by atoms with E-state index in [4.69, 9.17) is 0 Å². The summed E-state index contributed by atoms with van der Waals surface area (Å²) >= 11 is 1.32. The van der Waals surface area contributed by atoms with Gasteiger partial charge in [0.25, 0.3) is 0 Å². The van der Waals surface area contributed by atoms with E-state index in [0.29, 0.717) is 5.13 Å². The van der Waals surface area contributed by atoms with Crippen molar-refractivity contribution in [1.29, 1.82) is 0 Å². The lowest BCUT2D eigenvalue weighted by Crippen LogP contribution is -2.38. The fourth-order valence-electron chi connectivity index (χ4n) is 3.31. The van der Waals surface area contributed by atoms with Gasteiger partial charge in [-0.2, -0.15) is 0 Å². The van der Waals surface area contributed by atoms with Crippen molar-refractivity contribution in [2.75, 3.05) is 11.9 Å². The minimum Gasteiger partial charge on any atom is -0.299 e. The summed E-state index contributed by atoms with van der Waals surface area (Å²) in [5.74, 6) is -1.23. The maximum atomic E-state index is 12.3. The van der Waals surface area contributed by atoms with Crippen LogP contribution in [-0.4, -0.2) is 39.4 Å². The quantitative estimate of drug-likeness (QED) is 0.825. The molecule has 1 N–H and O–H groups in total. The molecule has 2 fully saturated rings. The summed E-state index contributed by atoms with van der Waals surface area (Å²) in [6.45, 7) is 1.82. The molecule has 124 valence electrons. The fourth-order valence-corrected chi connectivity index (χ4v) is 4.17. The Morgan fingerprint density at radius 3 is 2.48 bits per heavy atom. The number of hydrogen-bond donors (Lipinski definition) is 1. The number of aromatic nitrogens is 2. The summed E-state index contributed by atoms with van der Waals surface area (Å²) in [5.41, 5.74) is 0. The molecule has 0 aromatic carbocycles. The van der Waals surface area contributed by atoms with Crippen LogP contribution in [0.3, 0.4) is 0 Å². The number of fused-ring (bicyclic) bond motifs is 1. The van der Waals surface area contributed by atoms with Crippen molar-refractivity contribution in [3.8, 4) is 0 Å². The van der Waals surface area contributed by atoms with Gasteiger partial charge in [-0.05, 0) is 19.3 Å². The van der Waals surface area contributed by atoms with E-state index in [1.54, 1.807) is 0 Å². The summed E-state index contributed by atoms with van der Waals surface area (Å²) in [4.78, 5) is 37.9. The van der Waals surface area contributed by atoms with Gasteiger partial charge in [0.1, 0.15) is 11.6 Å². The lowest BCUT2D eigenvalue weighted by atomic mass is 9.81. The van der Waals surface area contributed by atoms with Crippen molar-refractivity contribution in [3.63, 3.8) is 0 Å². The van der Waals surface area contributed by atoms with E-state index in [-0.39, 0.29) is 30.2 Å². The molecule has 1 aromatic rings. The predicted octanol–water partition coefficient (Wildman–Crippen LogP) is 1.60. The Morgan fingerprint density at radius 1 is 1.22 bits per heavy atom. The molecular weight excluding hydrogens is 316 g/mol. The number of amides is 3. The first-order valence-corrected chi connectivity index (χ1v) is 8.89. The number of likely N-dealkylation sites (tertiary alicyclic amines) is 1. The van der Waals surface area contributed by atoms with E-state index in [9.17, 15) is 14.4 Å². The van der Waals surface area contributed by atoms with Gasteiger partial charge in [0.15, 0.2) is 0 Å². The van der Waals surface area contributed by atoms with Crippen molar-refractivity contribution >= 4 is 34.2 Å². The summed E-state index contributed by atoms with van der Waals surface area (Å²) in [7, 11) is 0. The third-order valence-corrected chi connectivity index (χ3v) is 5.31. The van der Waals surface area contributed by atoms with Crippen LogP contribution in [-0.2, 0) is 20.8 Å². The number of nitrogens with zero attached hydrogens (tertiary/aromatic N) is 3. The molecule has 1 aliphatic heterocycles. The average molecular weight is 336 g/mol. The van der Waals surface area contributed by atoms with Crippen LogP contribution in [0.25, 0.3) is 0 Å². The highest BCUT2D eigenvalue weighted by atomic mass is 32.1. The zero-order valence-corrected chi connectivity index (χ0v) is 13.9. The smallest absolute Gasteiger partial charge is 0.246 e. The molecule has 1 saturated carbocycles. The predicted molar refractivity (Wildman–Crippen MR) is 84.7 cm³/mol. The number of rotatable bonds is 5. The van der Waals surface area contributed by atoms with Gasteiger partial charge in [-0.1, -0.05) is 31.1 Å². The summed E-state index contributed by atoms with van der Waals surface area (Å²) in [6.07, 6.45) is 5.24. The molecule has 7 nitrogen and oxygen atoms in total. The molecule has 0 radical (unpaired) electrons. The zero-order chi connectivity index (χ0) is 16.4. The Kier molecular flexibility index (Phi) is 4.70. The summed E-state index contributed by atoms with van der Waals surface area (Å²) in [5, 5.41) is 11.8. The Bertz CT molecular complexity index is 606. The number of carbonyl (C=O) groups excluding carboxylic acids is 3. The number of aryl methyl sites for hydroxylation is 1. The molecule has 23 heavy (non-hydrogen) atoms. The Balaban J connectivity index is 1.60. The highest BCUT2D eigenvalue weighted by molar-refractivity contribution is 7.15. The lowest BCUT2D eigenvalue weighted by molar-refractivity contribution is -0.142. The molecule has 3 rings (SSSR count). The minimum atomic E-state index is -0.399. The first kappa shape index (κ1) is 16.0. The second-order valence-corrected chi connectivity index (χ2v) is 7.12. The standard InChI is InChI=1S/C15H20N4O3S/c1-2-5-12-17-18-15(23-12)16-11(20)8-19-13(21)9-6-3-4-7-10(9)14(19)22/h9-10H,2-8H2,1H3,(H,16,18,20)/t9-,10-/m0/s1. The molecule has 1 aliphatic carbocycles. The van der Waals surface area contributed by atoms with Gasteiger partial charge in [-0.15, -0.1) is 10.2 Å². The van der Waals surface area contributed by atoms with E-state index < -0.39 is 5.91 Å². The molecule has 8 heteroatoms. The van der Waals surface area contributed by atoms with Crippen LogP contribution in [0.5, 0.6) is 0 Å². The first-order chi connectivity index (χ1) is 11.1. The molecule has 1 aromatic heterocycles. The Hall–Kier alpha value is -1.83. The fraction of sp³-hybridized carbons (Fsp3) is 0.667. The van der Waals surface area contributed by atoms with Crippen molar-refractivity contribution in [3.05, 3.63) is 5.01 Å². The van der Waals surface area contributed by atoms with E-state index >= 15 is 0 Å². The lowest BCUT2D eigenvalue weighted by Gasteiger charge is -2.19. The zero-order valence-electron chi connectivity index (χ0n) is 13.1. The highest BCUT2D eigenvalue weighted by Gasteiger charge is 2.48. The van der Waals surface area contributed by atoms with Crippen molar-refractivity contribution in [1.82, 2.24) is 15.1 Å². The van der Waals surface area contributed by atoms with Crippen LogP contribution in [0.4, 0.5) is 5.13 Å². The van der Waals surface area contributed by atoms with Gasteiger partial charge in [0.2, 0.25) is 22.9 Å². The van der Waals surface area contributed by atoms with Gasteiger partial charge in [0.05, 0.1) is 11.8 Å². The molecule has 0 unspecified atom stereocenters. The van der Waals surface area contributed by atoms with Crippen LogP contribution >= 0.6 is 11.3 Å². The molecule has 0 bridgehead atoms. The van der Waals surface area contributed by atoms with Gasteiger partial charge >= 0.3 is 0 Å². The molecular formula is C15H20N4O3S. The van der Waals surface area contributed by atoms with Crippen LogP contribution in [0.1, 0.15) is 44.0 Å². The van der Waals surface area contributed by atoms with Gasteiger partial charge in [0, 0.05) is 6.42 Å². The first-order valence-electron chi connectivity index (χ1n) is 8.07. The van der Waals surface area contributed by atoms with Crippen LogP contribution in [0.15, 0.2) is 0 Å². The molecule has 2 heterocycles. The van der Waals surface area contributed by atoms with Gasteiger partial charge in [-0.3, -0.25) is 24.6 Å². The van der Waals surface area contributed by atoms with E-state index in [1.807, 2.05) is 6.92 Å². The third kappa shape index (κ3) is 3.26. The maximum Gasteiger partial charge on any atom is 0.246 e. The third-order valence-electron chi connectivity index (χ3n) is 4.41. The topological polar surface area (TPSA) is 92.3 Å². The molecule has 2 atom stereocenters. The van der Waals surface area contributed by atoms with Crippen LogP contribution in [0, 0.1) is 11.8 Å². The Labute approximate surface area is 138 Å². The van der Waals surface area contributed by atoms with Gasteiger partial charge < -0.3 is 0 Å². The molecule has 2 aliphatic rings. The number of imide groups is 1. The van der Waals surface area contributed by atoms with Crippen molar-refractivity contribution in [2.24, 2.45) is 11.8 Å². The number of hydrogen-bond acceptors (Lipinski definition) is 6. The molecule has 1 saturated heterocycles. The van der Waals surface area contributed by atoms with E-state index in [2.05, 4.69) is 15.5 Å². The maximum absolute atomic E-state index is 12.3. The van der Waals surface area contributed by atoms with E-state index in [0.717, 1.165) is 48.4 Å². The summed E-state index contributed by atoms with van der Waals surface area (Å²) < 4.78 is 0. The SMILES string of the molecule is CCCc1nnc(NC(=O)CN2C(=O)[C@H]3CCCC[C@@H]3C2=O)s1. The number of nitrogens with one attached hydrogen (secondary N) is 1. The minimum absolute atomic E-state index is 0.196. The van der Waals surface area contributed by atoms with Crippen molar-refractivity contribution in [2.45, 2.75) is 45.4 Å². The van der Waals surface area contributed by atoms with Crippen molar-refractivity contribution < 1.29 is 14.4 Å². The average Bonchev–Trinajstić information content (AvgIpc) is 3.07. The monoisotopic (exact) mass is 336 g/mol. The van der Waals surface area contributed by atoms with E-state index in [1.165, 1.54) is 11.3 Å². The normalized spacial score (nSPS) is 24.0. The van der Waals surface area contributed by atoms with Crippen LogP contribution < -0.4 is 5.32 Å². The Morgan fingerprint density at radius 2 is 1.87 bits per heavy atom. The molecule has 3 amide bonds.